The number of benzene rings is 1. The highest BCUT2D eigenvalue weighted by atomic mass is 35.5. The van der Waals surface area contributed by atoms with E-state index in [0.717, 1.165) is 11.0 Å². The lowest BCUT2D eigenvalue weighted by Crippen LogP contribution is -2.22. The highest BCUT2D eigenvalue weighted by Crippen LogP contribution is 2.21. The van der Waals surface area contributed by atoms with Gasteiger partial charge in [-0.3, -0.25) is 4.79 Å². The third-order valence-corrected chi connectivity index (χ3v) is 3.85. The molecular weight excluding hydrogens is 310 g/mol. The lowest BCUT2D eigenvalue weighted by molar-refractivity contribution is -0.131. The minimum absolute atomic E-state index is 0.218. The summed E-state index contributed by atoms with van der Waals surface area (Å²) in [6.45, 7) is 0.408. The summed E-state index contributed by atoms with van der Waals surface area (Å²) in [6.07, 6.45) is 2.48. The number of rotatable bonds is 5. The van der Waals surface area contributed by atoms with Crippen LogP contribution in [-0.2, 0) is 11.3 Å². The first-order chi connectivity index (χ1) is 10.0. The number of amides is 1. The van der Waals surface area contributed by atoms with Crippen LogP contribution in [0.4, 0.5) is 0 Å². The van der Waals surface area contributed by atoms with Gasteiger partial charge >= 0.3 is 5.97 Å². The van der Waals surface area contributed by atoms with Crippen molar-refractivity contribution in [3.63, 3.8) is 0 Å². The summed E-state index contributed by atoms with van der Waals surface area (Å²) in [7, 11) is 0. The monoisotopic (exact) mass is 321 g/mol. The number of hydrogen-bond acceptors (Lipinski definition) is 3. The summed E-state index contributed by atoms with van der Waals surface area (Å²) in [6, 6.07) is 10.4. The molecule has 108 valence electrons. The van der Waals surface area contributed by atoms with Gasteiger partial charge in [-0.05, 0) is 35.9 Å². The average Bonchev–Trinajstić information content (AvgIpc) is 2.88. The SMILES string of the molecule is O=C(O)C=Cc1cccc(C(=O)NCc2ccc(Cl)s2)c1. The van der Waals surface area contributed by atoms with Gasteiger partial charge in [0.2, 0.25) is 0 Å². The molecule has 2 rings (SSSR count). The first kappa shape index (κ1) is 15.3. The van der Waals surface area contributed by atoms with Crippen LogP contribution in [-0.4, -0.2) is 17.0 Å². The molecule has 0 bridgehead atoms. The highest BCUT2D eigenvalue weighted by molar-refractivity contribution is 7.16. The number of nitrogens with one attached hydrogen (secondary N) is 1. The molecule has 0 saturated heterocycles. The second kappa shape index (κ2) is 7.06. The van der Waals surface area contributed by atoms with Crippen molar-refractivity contribution >= 4 is 40.9 Å². The second-order valence-corrected chi connectivity index (χ2v) is 5.99. The molecule has 0 fully saturated rings. The zero-order valence-electron chi connectivity index (χ0n) is 10.9. The van der Waals surface area contributed by atoms with Crippen molar-refractivity contribution in [1.29, 1.82) is 0 Å². The molecule has 6 heteroatoms. The number of thiophene rings is 1. The van der Waals surface area contributed by atoms with E-state index in [1.807, 2.05) is 6.07 Å². The summed E-state index contributed by atoms with van der Waals surface area (Å²) in [5.41, 5.74) is 1.13. The van der Waals surface area contributed by atoms with Crippen molar-refractivity contribution in [3.8, 4) is 0 Å². The van der Waals surface area contributed by atoms with Gasteiger partial charge in [-0.15, -0.1) is 11.3 Å². The Morgan fingerprint density at radius 2 is 2.10 bits per heavy atom. The van der Waals surface area contributed by atoms with Gasteiger partial charge in [0.1, 0.15) is 0 Å². The van der Waals surface area contributed by atoms with E-state index in [0.29, 0.717) is 22.0 Å². The van der Waals surface area contributed by atoms with Crippen molar-refractivity contribution in [1.82, 2.24) is 5.32 Å². The maximum absolute atomic E-state index is 12.0. The number of halogens is 1. The predicted molar refractivity (Wildman–Crippen MR) is 83.6 cm³/mol. The molecule has 1 aromatic heterocycles. The third-order valence-electron chi connectivity index (χ3n) is 2.62. The number of carboxylic acid groups (broad SMARTS) is 1. The number of aliphatic carboxylic acids is 1. The molecule has 2 N–H and O–H groups in total. The Balaban J connectivity index is 2.02. The largest absolute Gasteiger partial charge is 0.478 e. The normalized spacial score (nSPS) is 10.7. The second-order valence-electron chi connectivity index (χ2n) is 4.19. The smallest absolute Gasteiger partial charge is 0.328 e. The highest BCUT2D eigenvalue weighted by Gasteiger charge is 2.06. The molecule has 2 aromatic rings. The Bertz CT molecular complexity index is 694. The van der Waals surface area contributed by atoms with Gasteiger partial charge in [0.05, 0.1) is 10.9 Å². The molecule has 0 radical (unpaired) electrons. The lowest BCUT2D eigenvalue weighted by atomic mass is 10.1. The molecule has 4 nitrogen and oxygen atoms in total. The molecule has 1 heterocycles. The van der Waals surface area contributed by atoms with Crippen LogP contribution < -0.4 is 5.32 Å². The fourth-order valence-electron chi connectivity index (χ4n) is 1.67. The molecule has 1 aromatic carbocycles. The lowest BCUT2D eigenvalue weighted by Gasteiger charge is -2.04. The van der Waals surface area contributed by atoms with E-state index in [1.165, 1.54) is 17.4 Å². The van der Waals surface area contributed by atoms with Crippen LogP contribution in [0.1, 0.15) is 20.8 Å². The Hall–Kier alpha value is -2.11. The number of carbonyl (C=O) groups is 2. The molecule has 0 spiro atoms. The van der Waals surface area contributed by atoms with Gasteiger partial charge < -0.3 is 10.4 Å². The zero-order valence-corrected chi connectivity index (χ0v) is 12.4. The molecule has 1 amide bonds. The number of hydrogen-bond donors (Lipinski definition) is 2. The third kappa shape index (κ3) is 4.73. The van der Waals surface area contributed by atoms with Crippen LogP contribution in [0.5, 0.6) is 0 Å². The first-order valence-electron chi connectivity index (χ1n) is 6.08. The fraction of sp³-hybridized carbons (Fsp3) is 0.0667. The van der Waals surface area contributed by atoms with Crippen molar-refractivity contribution in [2.24, 2.45) is 0 Å². The van der Waals surface area contributed by atoms with Gasteiger partial charge in [-0.25, -0.2) is 4.79 Å². The van der Waals surface area contributed by atoms with Crippen LogP contribution in [0.25, 0.3) is 6.08 Å². The minimum Gasteiger partial charge on any atom is -0.478 e. The van der Waals surface area contributed by atoms with Gasteiger partial charge in [-0.1, -0.05) is 23.7 Å². The maximum atomic E-state index is 12.0. The van der Waals surface area contributed by atoms with E-state index in [9.17, 15) is 9.59 Å². The summed E-state index contributed by atoms with van der Waals surface area (Å²) < 4.78 is 0.681. The van der Waals surface area contributed by atoms with Crippen LogP contribution in [0.3, 0.4) is 0 Å². The van der Waals surface area contributed by atoms with Crippen molar-refractivity contribution in [2.75, 3.05) is 0 Å². The molecule has 0 saturated carbocycles. The zero-order chi connectivity index (χ0) is 15.2. The van der Waals surface area contributed by atoms with Crippen LogP contribution >= 0.6 is 22.9 Å². The minimum atomic E-state index is -1.03. The average molecular weight is 322 g/mol. The molecular formula is C15H12ClNO3S. The molecule has 0 unspecified atom stereocenters. The van der Waals surface area contributed by atoms with E-state index < -0.39 is 5.97 Å². The Kier molecular flexibility index (Phi) is 5.14. The topological polar surface area (TPSA) is 66.4 Å². The van der Waals surface area contributed by atoms with Gasteiger partial charge in [0, 0.05) is 16.5 Å². The first-order valence-corrected chi connectivity index (χ1v) is 7.27. The molecule has 0 aliphatic heterocycles. The molecule has 21 heavy (non-hydrogen) atoms. The molecule has 0 aliphatic rings. The Morgan fingerprint density at radius 3 is 2.76 bits per heavy atom. The number of carbonyl (C=O) groups excluding carboxylic acids is 1. The predicted octanol–water partition coefficient (Wildman–Crippen LogP) is 3.43. The summed E-state index contributed by atoms with van der Waals surface area (Å²) >= 11 is 7.24. The van der Waals surface area contributed by atoms with E-state index in [-0.39, 0.29) is 5.91 Å². The van der Waals surface area contributed by atoms with Crippen molar-refractivity contribution in [3.05, 3.63) is 62.8 Å². The van der Waals surface area contributed by atoms with Gasteiger partial charge in [-0.2, -0.15) is 0 Å². The standard InChI is InChI=1S/C15H12ClNO3S/c16-13-6-5-12(21-13)9-17-15(20)11-3-1-2-10(8-11)4-7-14(18)19/h1-8H,9H2,(H,17,20)(H,18,19). The summed E-state index contributed by atoms with van der Waals surface area (Å²) in [4.78, 5) is 23.5. The van der Waals surface area contributed by atoms with E-state index in [1.54, 1.807) is 30.3 Å². The maximum Gasteiger partial charge on any atom is 0.328 e. The Morgan fingerprint density at radius 1 is 1.29 bits per heavy atom. The van der Waals surface area contributed by atoms with Crippen LogP contribution in [0.15, 0.2) is 42.5 Å². The van der Waals surface area contributed by atoms with E-state index >= 15 is 0 Å². The molecule has 0 aliphatic carbocycles. The van der Waals surface area contributed by atoms with E-state index in [4.69, 9.17) is 16.7 Å². The van der Waals surface area contributed by atoms with Crippen molar-refractivity contribution < 1.29 is 14.7 Å². The van der Waals surface area contributed by atoms with Crippen LogP contribution in [0.2, 0.25) is 4.34 Å². The fourth-order valence-corrected chi connectivity index (χ4v) is 2.69. The van der Waals surface area contributed by atoms with Gasteiger partial charge in [0.25, 0.3) is 5.91 Å². The quantitative estimate of drug-likeness (QED) is 0.829. The van der Waals surface area contributed by atoms with Crippen LogP contribution in [0, 0.1) is 0 Å². The summed E-state index contributed by atoms with van der Waals surface area (Å²) in [5, 5.41) is 11.4. The molecule has 0 atom stereocenters. The summed E-state index contributed by atoms with van der Waals surface area (Å²) in [5.74, 6) is -1.25. The van der Waals surface area contributed by atoms with Gasteiger partial charge in [0.15, 0.2) is 0 Å². The van der Waals surface area contributed by atoms with Crippen molar-refractivity contribution in [2.45, 2.75) is 6.54 Å². The Labute approximate surface area is 130 Å². The van der Waals surface area contributed by atoms with E-state index in [2.05, 4.69) is 5.32 Å². The number of carboxylic acids is 1.